The van der Waals surface area contributed by atoms with Crippen LogP contribution < -0.4 is 10.6 Å². The van der Waals surface area contributed by atoms with Gasteiger partial charge < -0.3 is 15.7 Å². The first-order chi connectivity index (χ1) is 8.21. The van der Waals surface area contributed by atoms with E-state index < -0.39 is 0 Å². The highest BCUT2D eigenvalue weighted by atomic mass is 16.3. The van der Waals surface area contributed by atoms with Crippen LogP contribution in [0.1, 0.15) is 32.3 Å². The molecule has 0 bridgehead atoms. The van der Waals surface area contributed by atoms with E-state index in [1.807, 2.05) is 13.8 Å². The lowest BCUT2D eigenvalue weighted by atomic mass is 10.2. The number of aliphatic hydroxyl groups excluding tert-OH is 1. The van der Waals surface area contributed by atoms with E-state index in [1.165, 1.54) is 0 Å². The summed E-state index contributed by atoms with van der Waals surface area (Å²) in [5, 5.41) is 15.5. The summed E-state index contributed by atoms with van der Waals surface area (Å²) in [5.74, 6) is 1.42. The van der Waals surface area contributed by atoms with Crippen LogP contribution in [0, 0.1) is 6.92 Å². The number of aromatic nitrogens is 2. The van der Waals surface area contributed by atoms with Crippen molar-refractivity contribution >= 4 is 11.8 Å². The van der Waals surface area contributed by atoms with Gasteiger partial charge in [0.05, 0.1) is 12.6 Å². The highest BCUT2D eigenvalue weighted by Crippen LogP contribution is 2.14. The van der Waals surface area contributed by atoms with Gasteiger partial charge in [-0.3, -0.25) is 0 Å². The Balaban J connectivity index is 2.75. The monoisotopic (exact) mass is 238 g/mol. The van der Waals surface area contributed by atoms with Gasteiger partial charge >= 0.3 is 0 Å². The highest BCUT2D eigenvalue weighted by molar-refractivity contribution is 5.47. The second kappa shape index (κ2) is 7.06. The number of rotatable bonds is 7. The molecule has 0 fully saturated rings. The summed E-state index contributed by atoms with van der Waals surface area (Å²) in [4.78, 5) is 8.61. The van der Waals surface area contributed by atoms with E-state index >= 15 is 0 Å². The molecule has 0 radical (unpaired) electrons. The standard InChI is InChI=1S/C12H22N4O/c1-4-6-13-12-14-7-9(3)11(16-12)15-10(5-2)8-17/h7,10,17H,4-6,8H2,1-3H3,(H2,13,14,15,16). The van der Waals surface area contributed by atoms with Crippen molar-refractivity contribution in [1.29, 1.82) is 0 Å². The van der Waals surface area contributed by atoms with Crippen LogP contribution in [0.15, 0.2) is 6.20 Å². The smallest absolute Gasteiger partial charge is 0.224 e. The quantitative estimate of drug-likeness (QED) is 0.675. The first-order valence-corrected chi connectivity index (χ1v) is 6.16. The summed E-state index contributed by atoms with van der Waals surface area (Å²) >= 11 is 0. The molecule has 1 heterocycles. The number of hydrogen-bond acceptors (Lipinski definition) is 5. The van der Waals surface area contributed by atoms with Gasteiger partial charge in [-0.2, -0.15) is 4.98 Å². The van der Waals surface area contributed by atoms with Gasteiger partial charge in [0.25, 0.3) is 0 Å². The van der Waals surface area contributed by atoms with Crippen molar-refractivity contribution in [3.63, 3.8) is 0 Å². The van der Waals surface area contributed by atoms with E-state index in [2.05, 4.69) is 27.5 Å². The van der Waals surface area contributed by atoms with Crippen molar-refractivity contribution in [1.82, 2.24) is 9.97 Å². The Labute approximate surface area is 103 Å². The lowest BCUT2D eigenvalue weighted by Gasteiger charge is -2.16. The molecule has 0 aliphatic heterocycles. The number of nitrogens with one attached hydrogen (secondary N) is 2. The zero-order chi connectivity index (χ0) is 12.7. The minimum atomic E-state index is 0.0441. The molecule has 1 unspecified atom stereocenters. The van der Waals surface area contributed by atoms with Gasteiger partial charge in [-0.05, 0) is 19.8 Å². The molecular formula is C12H22N4O. The van der Waals surface area contributed by atoms with Crippen molar-refractivity contribution in [3.8, 4) is 0 Å². The summed E-state index contributed by atoms with van der Waals surface area (Å²) in [7, 11) is 0. The zero-order valence-electron chi connectivity index (χ0n) is 10.8. The lowest BCUT2D eigenvalue weighted by Crippen LogP contribution is -2.24. The van der Waals surface area contributed by atoms with Gasteiger partial charge in [-0.1, -0.05) is 13.8 Å². The van der Waals surface area contributed by atoms with Crippen LogP contribution in [0.4, 0.5) is 11.8 Å². The van der Waals surface area contributed by atoms with Gasteiger partial charge in [0.2, 0.25) is 5.95 Å². The topological polar surface area (TPSA) is 70.1 Å². The van der Waals surface area contributed by atoms with Gasteiger partial charge in [-0.25, -0.2) is 4.98 Å². The van der Waals surface area contributed by atoms with Gasteiger partial charge in [0.1, 0.15) is 5.82 Å². The molecule has 5 nitrogen and oxygen atoms in total. The molecule has 1 aromatic rings. The molecule has 1 atom stereocenters. The van der Waals surface area contributed by atoms with E-state index in [0.717, 1.165) is 30.8 Å². The van der Waals surface area contributed by atoms with Crippen LogP contribution in [0.25, 0.3) is 0 Å². The Kier molecular flexibility index (Phi) is 5.69. The number of anilines is 2. The summed E-state index contributed by atoms with van der Waals surface area (Å²) in [6, 6.07) is 0.0441. The van der Waals surface area contributed by atoms with Gasteiger partial charge in [0, 0.05) is 18.3 Å². The van der Waals surface area contributed by atoms with Crippen LogP contribution in [-0.4, -0.2) is 34.3 Å². The molecule has 0 amide bonds. The maximum absolute atomic E-state index is 9.17. The second-order valence-corrected chi connectivity index (χ2v) is 4.08. The summed E-state index contributed by atoms with van der Waals surface area (Å²) < 4.78 is 0. The first-order valence-electron chi connectivity index (χ1n) is 6.16. The number of aliphatic hydroxyl groups is 1. The normalized spacial score (nSPS) is 12.2. The number of nitrogens with zero attached hydrogens (tertiary/aromatic N) is 2. The molecule has 1 rings (SSSR count). The second-order valence-electron chi connectivity index (χ2n) is 4.08. The molecule has 17 heavy (non-hydrogen) atoms. The summed E-state index contributed by atoms with van der Waals surface area (Å²) in [6.45, 7) is 7.05. The van der Waals surface area contributed by atoms with E-state index in [9.17, 15) is 0 Å². The summed E-state index contributed by atoms with van der Waals surface area (Å²) in [6.07, 6.45) is 3.68. The number of aryl methyl sites for hydroxylation is 1. The number of hydrogen-bond donors (Lipinski definition) is 3. The fraction of sp³-hybridized carbons (Fsp3) is 0.667. The van der Waals surface area contributed by atoms with Crippen molar-refractivity contribution in [2.45, 2.75) is 39.7 Å². The molecule has 1 aromatic heterocycles. The molecule has 0 aliphatic carbocycles. The lowest BCUT2D eigenvalue weighted by molar-refractivity contribution is 0.271. The van der Waals surface area contributed by atoms with E-state index in [4.69, 9.17) is 5.11 Å². The molecule has 3 N–H and O–H groups in total. The molecular weight excluding hydrogens is 216 g/mol. The predicted octanol–water partition coefficient (Wildman–Crippen LogP) is 1.79. The van der Waals surface area contributed by atoms with E-state index in [-0.39, 0.29) is 12.6 Å². The highest BCUT2D eigenvalue weighted by Gasteiger charge is 2.08. The van der Waals surface area contributed by atoms with E-state index in [1.54, 1.807) is 6.20 Å². The largest absolute Gasteiger partial charge is 0.394 e. The Hall–Kier alpha value is -1.36. The molecule has 0 saturated heterocycles. The SMILES string of the molecule is CCCNc1ncc(C)c(NC(CC)CO)n1. The molecule has 0 saturated carbocycles. The Bertz CT molecular complexity index is 339. The van der Waals surface area contributed by atoms with Crippen LogP contribution in [0.5, 0.6) is 0 Å². The fourth-order valence-electron chi connectivity index (χ4n) is 1.38. The Morgan fingerprint density at radius 3 is 2.76 bits per heavy atom. The van der Waals surface area contributed by atoms with Crippen LogP contribution >= 0.6 is 0 Å². The van der Waals surface area contributed by atoms with Crippen molar-refractivity contribution in [3.05, 3.63) is 11.8 Å². The molecule has 96 valence electrons. The van der Waals surface area contributed by atoms with Crippen LogP contribution in [0.2, 0.25) is 0 Å². The maximum atomic E-state index is 9.17. The third-order valence-electron chi connectivity index (χ3n) is 2.56. The van der Waals surface area contributed by atoms with Crippen molar-refractivity contribution in [2.24, 2.45) is 0 Å². The average Bonchev–Trinajstić information content (AvgIpc) is 2.36. The average molecular weight is 238 g/mol. The van der Waals surface area contributed by atoms with Crippen molar-refractivity contribution in [2.75, 3.05) is 23.8 Å². The van der Waals surface area contributed by atoms with Crippen LogP contribution in [0.3, 0.4) is 0 Å². The predicted molar refractivity (Wildman–Crippen MR) is 70.3 cm³/mol. The van der Waals surface area contributed by atoms with Gasteiger partial charge in [0.15, 0.2) is 0 Å². The molecule has 0 spiro atoms. The minimum absolute atomic E-state index is 0.0441. The Morgan fingerprint density at radius 1 is 1.41 bits per heavy atom. The zero-order valence-corrected chi connectivity index (χ0v) is 10.8. The first kappa shape index (κ1) is 13.7. The minimum Gasteiger partial charge on any atom is -0.394 e. The molecule has 0 aromatic carbocycles. The van der Waals surface area contributed by atoms with Crippen LogP contribution in [-0.2, 0) is 0 Å². The third-order valence-corrected chi connectivity index (χ3v) is 2.56. The third kappa shape index (κ3) is 4.19. The maximum Gasteiger partial charge on any atom is 0.224 e. The Morgan fingerprint density at radius 2 is 2.18 bits per heavy atom. The van der Waals surface area contributed by atoms with E-state index in [0.29, 0.717) is 5.95 Å². The molecule has 0 aliphatic rings. The molecule has 5 heteroatoms. The fourth-order valence-corrected chi connectivity index (χ4v) is 1.38. The van der Waals surface area contributed by atoms with Gasteiger partial charge in [-0.15, -0.1) is 0 Å². The van der Waals surface area contributed by atoms with Crippen molar-refractivity contribution < 1.29 is 5.11 Å². The summed E-state index contributed by atoms with van der Waals surface area (Å²) in [5.41, 5.74) is 0.985.